The van der Waals surface area contributed by atoms with Gasteiger partial charge < -0.3 is 14.6 Å². The first-order valence-electron chi connectivity index (χ1n) is 6.63. The van der Waals surface area contributed by atoms with E-state index in [2.05, 4.69) is 29.2 Å². The number of aromatic nitrogens is 1. The molecular weight excluding hydrogens is 246 g/mol. The Hall–Kier alpha value is -1.40. The van der Waals surface area contributed by atoms with Crippen molar-refractivity contribution in [1.82, 2.24) is 10.1 Å². The van der Waals surface area contributed by atoms with Crippen LogP contribution in [0.4, 0.5) is 5.82 Å². The van der Waals surface area contributed by atoms with Gasteiger partial charge in [0.25, 0.3) is 0 Å². The van der Waals surface area contributed by atoms with Crippen LogP contribution in [0.3, 0.4) is 0 Å². The van der Waals surface area contributed by atoms with E-state index < -0.39 is 0 Å². The molecule has 1 aromatic heterocycles. The molecule has 1 aliphatic heterocycles. The number of aryl methyl sites for hydroxylation is 1. The highest BCUT2D eigenvalue weighted by Gasteiger charge is 2.23. The lowest BCUT2D eigenvalue weighted by molar-refractivity contribution is -0.117. The fourth-order valence-corrected chi connectivity index (χ4v) is 2.16. The van der Waals surface area contributed by atoms with E-state index in [1.807, 2.05) is 0 Å². The maximum atomic E-state index is 11.8. The molecule has 0 radical (unpaired) electrons. The van der Waals surface area contributed by atoms with Gasteiger partial charge in [-0.15, -0.1) is 0 Å². The topological polar surface area (TPSA) is 67.6 Å². The molecule has 106 valence electrons. The van der Waals surface area contributed by atoms with Gasteiger partial charge in [-0.2, -0.15) is 0 Å². The van der Waals surface area contributed by atoms with E-state index in [0.29, 0.717) is 24.0 Å². The lowest BCUT2D eigenvalue weighted by atomic mass is 10.2. The summed E-state index contributed by atoms with van der Waals surface area (Å²) in [6.07, 6.45) is 0.681. The van der Waals surface area contributed by atoms with Crippen molar-refractivity contribution in [2.24, 2.45) is 0 Å². The lowest BCUT2D eigenvalue weighted by Gasteiger charge is -2.36. The standard InChI is InChI=1S/C13H21N3O3/c1-9-8-18-11(3)7-16(9)5-4-13(17)14-12-6-10(2)19-15-12/h6,9,11H,4-5,7-8H2,1-3H3,(H,14,15,17)/t9-,11+/m0/s1. The van der Waals surface area contributed by atoms with E-state index in [0.717, 1.165) is 19.7 Å². The van der Waals surface area contributed by atoms with Crippen molar-refractivity contribution in [2.45, 2.75) is 39.3 Å². The first-order chi connectivity index (χ1) is 9.04. The number of nitrogens with zero attached hydrogens (tertiary/aromatic N) is 2. The number of morpholine rings is 1. The van der Waals surface area contributed by atoms with Gasteiger partial charge in [0.1, 0.15) is 5.76 Å². The number of carbonyl (C=O) groups excluding carboxylic acids is 1. The smallest absolute Gasteiger partial charge is 0.226 e. The zero-order valence-corrected chi connectivity index (χ0v) is 11.7. The lowest BCUT2D eigenvalue weighted by Crippen LogP contribution is -2.48. The van der Waals surface area contributed by atoms with Crippen LogP contribution in [0, 0.1) is 6.92 Å². The first-order valence-corrected chi connectivity index (χ1v) is 6.63. The Morgan fingerprint density at radius 3 is 3.05 bits per heavy atom. The Morgan fingerprint density at radius 2 is 2.37 bits per heavy atom. The summed E-state index contributed by atoms with van der Waals surface area (Å²) in [5, 5.41) is 6.46. The zero-order valence-electron chi connectivity index (χ0n) is 11.7. The minimum atomic E-state index is -0.0420. The largest absolute Gasteiger partial charge is 0.376 e. The molecule has 19 heavy (non-hydrogen) atoms. The Labute approximate surface area is 113 Å². The molecular formula is C13H21N3O3. The van der Waals surface area contributed by atoms with E-state index in [1.165, 1.54) is 0 Å². The molecule has 1 fully saturated rings. The molecule has 2 rings (SSSR count). The molecule has 0 aromatic carbocycles. The molecule has 1 amide bonds. The van der Waals surface area contributed by atoms with Gasteiger partial charge in [-0.25, -0.2) is 0 Å². The molecule has 0 spiro atoms. The summed E-state index contributed by atoms with van der Waals surface area (Å²) >= 11 is 0. The molecule has 1 aliphatic rings. The second-order valence-electron chi connectivity index (χ2n) is 5.11. The van der Waals surface area contributed by atoms with Crippen LogP contribution in [0.1, 0.15) is 26.0 Å². The van der Waals surface area contributed by atoms with Crippen LogP contribution in [-0.4, -0.2) is 47.8 Å². The third-order valence-electron chi connectivity index (χ3n) is 3.26. The zero-order chi connectivity index (χ0) is 13.8. The van der Waals surface area contributed by atoms with Gasteiger partial charge in [0, 0.05) is 31.6 Å². The van der Waals surface area contributed by atoms with E-state index in [1.54, 1.807) is 13.0 Å². The monoisotopic (exact) mass is 267 g/mol. The van der Waals surface area contributed by atoms with Crippen LogP contribution in [0.5, 0.6) is 0 Å². The van der Waals surface area contributed by atoms with Gasteiger partial charge in [0.2, 0.25) is 5.91 Å². The van der Waals surface area contributed by atoms with Crippen molar-refractivity contribution in [2.75, 3.05) is 25.0 Å². The SMILES string of the molecule is Cc1cc(NC(=O)CCN2C[C@@H](C)OC[C@@H]2C)no1. The number of ether oxygens (including phenoxy) is 1. The van der Waals surface area contributed by atoms with Gasteiger partial charge in [0.05, 0.1) is 12.7 Å². The van der Waals surface area contributed by atoms with Crippen molar-refractivity contribution >= 4 is 11.7 Å². The highest BCUT2D eigenvalue weighted by atomic mass is 16.5. The van der Waals surface area contributed by atoms with E-state index in [9.17, 15) is 4.79 Å². The minimum absolute atomic E-state index is 0.0420. The molecule has 0 saturated carbocycles. The third-order valence-corrected chi connectivity index (χ3v) is 3.26. The maximum absolute atomic E-state index is 11.8. The maximum Gasteiger partial charge on any atom is 0.226 e. The third kappa shape index (κ3) is 4.04. The van der Waals surface area contributed by atoms with Crippen LogP contribution in [0.2, 0.25) is 0 Å². The highest BCUT2D eigenvalue weighted by Crippen LogP contribution is 2.12. The van der Waals surface area contributed by atoms with Crippen molar-refractivity contribution in [1.29, 1.82) is 0 Å². The van der Waals surface area contributed by atoms with Crippen LogP contribution >= 0.6 is 0 Å². The van der Waals surface area contributed by atoms with Crippen LogP contribution in [-0.2, 0) is 9.53 Å². The van der Waals surface area contributed by atoms with Gasteiger partial charge in [-0.3, -0.25) is 9.69 Å². The van der Waals surface area contributed by atoms with Crippen LogP contribution in [0.25, 0.3) is 0 Å². The number of anilines is 1. The van der Waals surface area contributed by atoms with Crippen molar-refractivity contribution in [3.05, 3.63) is 11.8 Å². The average molecular weight is 267 g/mol. The van der Waals surface area contributed by atoms with Crippen molar-refractivity contribution < 1.29 is 14.1 Å². The summed E-state index contributed by atoms with van der Waals surface area (Å²) in [6, 6.07) is 2.07. The Bertz CT molecular complexity index is 433. The predicted molar refractivity (Wildman–Crippen MR) is 70.9 cm³/mol. The Balaban J connectivity index is 1.76. The number of nitrogens with one attached hydrogen (secondary N) is 1. The van der Waals surface area contributed by atoms with E-state index in [4.69, 9.17) is 9.26 Å². The predicted octanol–water partition coefficient (Wildman–Crippen LogP) is 1.42. The molecule has 6 nitrogen and oxygen atoms in total. The second kappa shape index (κ2) is 6.16. The molecule has 0 bridgehead atoms. The van der Waals surface area contributed by atoms with E-state index in [-0.39, 0.29) is 12.0 Å². The summed E-state index contributed by atoms with van der Waals surface area (Å²) in [6.45, 7) is 8.29. The summed E-state index contributed by atoms with van der Waals surface area (Å²) in [5.41, 5.74) is 0. The molecule has 1 aromatic rings. The summed E-state index contributed by atoms with van der Waals surface area (Å²) < 4.78 is 10.5. The Kier molecular flexibility index (Phi) is 4.55. The van der Waals surface area contributed by atoms with E-state index >= 15 is 0 Å². The molecule has 1 N–H and O–H groups in total. The summed E-state index contributed by atoms with van der Waals surface area (Å²) in [7, 11) is 0. The van der Waals surface area contributed by atoms with Crippen molar-refractivity contribution in [3.63, 3.8) is 0 Å². The quantitative estimate of drug-likeness (QED) is 0.893. The van der Waals surface area contributed by atoms with Gasteiger partial charge in [-0.05, 0) is 20.8 Å². The molecule has 0 aliphatic carbocycles. The van der Waals surface area contributed by atoms with Crippen LogP contribution in [0.15, 0.2) is 10.6 Å². The van der Waals surface area contributed by atoms with Crippen molar-refractivity contribution in [3.8, 4) is 0 Å². The highest BCUT2D eigenvalue weighted by molar-refractivity contribution is 5.89. The second-order valence-corrected chi connectivity index (χ2v) is 5.11. The number of carbonyl (C=O) groups is 1. The molecule has 6 heteroatoms. The summed E-state index contributed by atoms with van der Waals surface area (Å²) in [5.74, 6) is 1.12. The molecule has 2 heterocycles. The first kappa shape index (κ1) is 14.0. The van der Waals surface area contributed by atoms with Gasteiger partial charge in [0.15, 0.2) is 5.82 Å². The summed E-state index contributed by atoms with van der Waals surface area (Å²) in [4.78, 5) is 14.1. The minimum Gasteiger partial charge on any atom is -0.376 e. The molecule has 0 unspecified atom stereocenters. The number of rotatable bonds is 4. The number of hydrogen-bond acceptors (Lipinski definition) is 5. The Morgan fingerprint density at radius 1 is 1.58 bits per heavy atom. The van der Waals surface area contributed by atoms with Crippen LogP contribution < -0.4 is 5.32 Å². The normalized spacial score (nSPS) is 24.4. The fourth-order valence-electron chi connectivity index (χ4n) is 2.16. The number of amides is 1. The van der Waals surface area contributed by atoms with Gasteiger partial charge >= 0.3 is 0 Å². The molecule has 2 atom stereocenters. The molecule has 1 saturated heterocycles. The average Bonchev–Trinajstić information content (AvgIpc) is 2.76. The van der Waals surface area contributed by atoms with Gasteiger partial charge in [-0.1, -0.05) is 5.16 Å². The number of hydrogen-bond donors (Lipinski definition) is 1. The fraction of sp³-hybridized carbons (Fsp3) is 0.692.